The van der Waals surface area contributed by atoms with Crippen molar-refractivity contribution >= 4 is 68.4 Å². The zero-order chi connectivity index (χ0) is 21.0. The lowest BCUT2D eigenvalue weighted by Crippen LogP contribution is -2.36. The van der Waals surface area contributed by atoms with E-state index in [-0.39, 0.29) is 18.3 Å². The number of benzene rings is 2. The number of fused-ring (bicyclic) bond motifs is 1. The molecule has 3 rings (SSSR count). The molecule has 4 nitrogen and oxygen atoms in total. The Bertz CT molecular complexity index is 951. The van der Waals surface area contributed by atoms with Crippen molar-refractivity contribution in [3.05, 3.63) is 52.5 Å². The molecular weight excluding hydrogens is 457 g/mol. The number of anilines is 1. The first-order chi connectivity index (χ1) is 13.8. The average molecular weight is 485 g/mol. The summed E-state index contributed by atoms with van der Waals surface area (Å²) in [5.41, 5.74) is 3.20. The fourth-order valence-corrected chi connectivity index (χ4v) is 5.06. The highest BCUT2D eigenvalue weighted by Gasteiger charge is 2.21. The van der Waals surface area contributed by atoms with Crippen LogP contribution in [0.25, 0.3) is 10.2 Å². The van der Waals surface area contributed by atoms with E-state index in [2.05, 4.69) is 36.1 Å². The highest BCUT2D eigenvalue weighted by atomic mass is 35.5. The van der Waals surface area contributed by atoms with E-state index >= 15 is 0 Å². The summed E-state index contributed by atoms with van der Waals surface area (Å²) >= 11 is 9.57. The van der Waals surface area contributed by atoms with Gasteiger partial charge in [0.05, 0.1) is 15.2 Å². The normalized spacial score (nSPS) is 11.0. The number of amides is 1. The molecule has 0 saturated heterocycles. The van der Waals surface area contributed by atoms with Crippen LogP contribution in [-0.4, -0.2) is 48.7 Å². The van der Waals surface area contributed by atoms with E-state index < -0.39 is 0 Å². The van der Waals surface area contributed by atoms with Crippen LogP contribution in [0.1, 0.15) is 17.5 Å². The lowest BCUT2D eigenvalue weighted by Gasteiger charge is -2.22. The van der Waals surface area contributed by atoms with E-state index in [1.165, 1.54) is 21.8 Å². The van der Waals surface area contributed by atoms with Crippen molar-refractivity contribution in [1.82, 2.24) is 9.88 Å². The quantitative estimate of drug-likeness (QED) is 0.364. The standard InChI is InChI=1S/C22H26ClN3OS2.ClH/c1-15-5-8-17(9-6-15)28-14-11-19(27)26(13-12-25(3)4)22-24-20-16(2)7-10-18(23)21(20)29-22;/h5-10H,11-14H2,1-4H3;1H. The van der Waals surface area contributed by atoms with Crippen LogP contribution in [0.15, 0.2) is 41.3 Å². The van der Waals surface area contributed by atoms with Gasteiger partial charge in [0.15, 0.2) is 5.13 Å². The number of aromatic nitrogens is 1. The third-order valence-electron chi connectivity index (χ3n) is 4.59. The van der Waals surface area contributed by atoms with Gasteiger partial charge in [-0.3, -0.25) is 9.69 Å². The van der Waals surface area contributed by atoms with E-state index in [1.807, 2.05) is 38.1 Å². The highest BCUT2D eigenvalue weighted by Crippen LogP contribution is 2.36. The molecule has 0 aliphatic heterocycles. The number of carbonyl (C=O) groups is 1. The van der Waals surface area contributed by atoms with Gasteiger partial charge in [-0.1, -0.05) is 46.7 Å². The summed E-state index contributed by atoms with van der Waals surface area (Å²) in [6, 6.07) is 12.3. The predicted molar refractivity (Wildman–Crippen MR) is 134 cm³/mol. The molecule has 1 amide bonds. The molecule has 0 fully saturated rings. The molecule has 30 heavy (non-hydrogen) atoms. The molecule has 0 N–H and O–H groups in total. The molecule has 0 aliphatic rings. The van der Waals surface area contributed by atoms with Crippen LogP contribution in [0.2, 0.25) is 5.02 Å². The van der Waals surface area contributed by atoms with E-state index in [4.69, 9.17) is 16.6 Å². The van der Waals surface area contributed by atoms with E-state index in [1.54, 1.807) is 11.8 Å². The summed E-state index contributed by atoms with van der Waals surface area (Å²) < 4.78 is 0.943. The van der Waals surface area contributed by atoms with E-state index in [0.717, 1.165) is 33.2 Å². The van der Waals surface area contributed by atoms with Crippen LogP contribution >= 0.6 is 47.1 Å². The molecule has 0 aliphatic carbocycles. The third kappa shape index (κ3) is 6.34. The molecule has 1 aromatic heterocycles. The largest absolute Gasteiger partial charge is 0.308 e. The van der Waals surface area contributed by atoms with Crippen LogP contribution in [0.4, 0.5) is 5.13 Å². The first-order valence-electron chi connectivity index (χ1n) is 9.55. The van der Waals surface area contributed by atoms with Gasteiger partial charge >= 0.3 is 0 Å². The number of thiazole rings is 1. The number of thioether (sulfide) groups is 1. The second-order valence-corrected chi connectivity index (χ2v) is 9.85. The van der Waals surface area contributed by atoms with Crippen molar-refractivity contribution in [2.45, 2.75) is 25.2 Å². The Morgan fingerprint density at radius 3 is 2.43 bits per heavy atom. The third-order valence-corrected chi connectivity index (χ3v) is 7.15. The van der Waals surface area contributed by atoms with Gasteiger partial charge < -0.3 is 4.90 Å². The first kappa shape index (κ1) is 25.0. The van der Waals surface area contributed by atoms with Crippen molar-refractivity contribution < 1.29 is 4.79 Å². The summed E-state index contributed by atoms with van der Waals surface area (Å²) in [5, 5.41) is 1.41. The number of rotatable bonds is 8. The SMILES string of the molecule is Cc1ccc(SCCC(=O)N(CCN(C)C)c2nc3c(C)ccc(Cl)c3s2)cc1.Cl. The maximum absolute atomic E-state index is 13.1. The molecule has 3 aromatic rings. The minimum absolute atomic E-state index is 0. The van der Waals surface area contributed by atoms with Gasteiger partial charge in [0.1, 0.15) is 0 Å². The average Bonchev–Trinajstić information content (AvgIpc) is 3.13. The molecule has 0 radical (unpaired) electrons. The van der Waals surface area contributed by atoms with Gasteiger partial charge in [-0.25, -0.2) is 4.98 Å². The zero-order valence-electron chi connectivity index (χ0n) is 17.6. The fraction of sp³-hybridized carbons (Fsp3) is 0.364. The molecule has 8 heteroatoms. The number of halogens is 2. The summed E-state index contributed by atoms with van der Waals surface area (Å²) in [4.78, 5) is 22.9. The Kier molecular flexibility index (Phi) is 9.44. The molecule has 162 valence electrons. The molecule has 0 bridgehead atoms. The predicted octanol–water partition coefficient (Wildman–Crippen LogP) is 6.07. The van der Waals surface area contributed by atoms with Gasteiger partial charge in [-0.2, -0.15) is 0 Å². The zero-order valence-corrected chi connectivity index (χ0v) is 20.9. The number of carbonyl (C=O) groups excluding carboxylic acids is 1. The second kappa shape index (κ2) is 11.3. The van der Waals surface area contributed by atoms with E-state index in [9.17, 15) is 4.79 Å². The second-order valence-electron chi connectivity index (χ2n) is 7.30. The maximum Gasteiger partial charge on any atom is 0.229 e. The Morgan fingerprint density at radius 1 is 1.10 bits per heavy atom. The summed E-state index contributed by atoms with van der Waals surface area (Å²) in [6.07, 6.45) is 0.467. The van der Waals surface area contributed by atoms with Crippen LogP contribution in [-0.2, 0) is 4.79 Å². The van der Waals surface area contributed by atoms with Crippen LogP contribution in [0.5, 0.6) is 0 Å². The summed E-state index contributed by atoms with van der Waals surface area (Å²) in [7, 11) is 4.02. The van der Waals surface area contributed by atoms with Gasteiger partial charge in [-0.05, 0) is 51.7 Å². The van der Waals surface area contributed by atoms with Crippen molar-refractivity contribution in [2.24, 2.45) is 0 Å². The molecule has 0 saturated carbocycles. The Labute approximate surface area is 198 Å². The van der Waals surface area contributed by atoms with Crippen molar-refractivity contribution in [1.29, 1.82) is 0 Å². The van der Waals surface area contributed by atoms with Gasteiger partial charge in [0, 0.05) is 30.2 Å². The number of hydrogen-bond acceptors (Lipinski definition) is 5. The van der Waals surface area contributed by atoms with Crippen molar-refractivity contribution in [2.75, 3.05) is 37.8 Å². The molecule has 0 spiro atoms. The number of nitrogens with zero attached hydrogens (tertiary/aromatic N) is 3. The van der Waals surface area contributed by atoms with Gasteiger partial charge in [0.2, 0.25) is 5.91 Å². The lowest BCUT2D eigenvalue weighted by atomic mass is 10.2. The maximum atomic E-state index is 13.1. The number of hydrogen-bond donors (Lipinski definition) is 0. The van der Waals surface area contributed by atoms with Crippen LogP contribution in [0, 0.1) is 13.8 Å². The molecule has 0 atom stereocenters. The van der Waals surface area contributed by atoms with Gasteiger partial charge in [0.25, 0.3) is 0 Å². The number of likely N-dealkylation sites (N-methyl/N-ethyl adjacent to an activating group) is 1. The Hall–Kier alpha value is -1.31. The van der Waals surface area contributed by atoms with Crippen LogP contribution < -0.4 is 4.90 Å². The summed E-state index contributed by atoms with van der Waals surface area (Å²) in [6.45, 7) is 5.48. The molecule has 2 aromatic carbocycles. The first-order valence-corrected chi connectivity index (χ1v) is 11.7. The minimum Gasteiger partial charge on any atom is -0.308 e. The number of aryl methyl sites for hydroxylation is 2. The topological polar surface area (TPSA) is 36.4 Å². The highest BCUT2D eigenvalue weighted by molar-refractivity contribution is 7.99. The van der Waals surface area contributed by atoms with Crippen LogP contribution in [0.3, 0.4) is 0 Å². The minimum atomic E-state index is 0. The molecule has 1 heterocycles. The van der Waals surface area contributed by atoms with E-state index in [0.29, 0.717) is 18.0 Å². The summed E-state index contributed by atoms with van der Waals surface area (Å²) in [5.74, 6) is 0.838. The smallest absolute Gasteiger partial charge is 0.229 e. The fourth-order valence-electron chi connectivity index (χ4n) is 2.86. The Morgan fingerprint density at radius 2 is 1.80 bits per heavy atom. The van der Waals surface area contributed by atoms with Crippen molar-refractivity contribution in [3.63, 3.8) is 0 Å². The van der Waals surface area contributed by atoms with Gasteiger partial charge in [-0.15, -0.1) is 24.2 Å². The monoisotopic (exact) mass is 483 g/mol. The lowest BCUT2D eigenvalue weighted by molar-refractivity contribution is -0.118. The Balaban J connectivity index is 0.00000320. The molecular formula is C22H27Cl2N3OS2. The van der Waals surface area contributed by atoms with Crippen molar-refractivity contribution in [3.8, 4) is 0 Å². The molecule has 0 unspecified atom stereocenters.